The zero-order chi connectivity index (χ0) is 19.9. The summed E-state index contributed by atoms with van der Waals surface area (Å²) in [7, 11) is 0. The van der Waals surface area contributed by atoms with Gasteiger partial charge in [-0.25, -0.2) is 4.98 Å². The van der Waals surface area contributed by atoms with Gasteiger partial charge in [-0.15, -0.1) is 0 Å². The Morgan fingerprint density at radius 1 is 1.07 bits per heavy atom. The molecular weight excluding hydrogens is 350 g/mol. The van der Waals surface area contributed by atoms with Crippen LogP contribution in [-0.4, -0.2) is 10.9 Å². The van der Waals surface area contributed by atoms with Gasteiger partial charge in [-0.2, -0.15) is 0 Å². The van der Waals surface area contributed by atoms with Crippen molar-refractivity contribution in [3.63, 3.8) is 0 Å². The highest BCUT2D eigenvalue weighted by Gasteiger charge is 2.21. The third kappa shape index (κ3) is 5.30. The van der Waals surface area contributed by atoms with E-state index in [1.54, 1.807) is 0 Å². The van der Waals surface area contributed by atoms with Crippen molar-refractivity contribution in [3.8, 4) is 0 Å². The average Bonchev–Trinajstić information content (AvgIpc) is 3.19. The summed E-state index contributed by atoms with van der Waals surface area (Å²) < 4.78 is 5.46. The molecule has 146 valence electrons. The molecule has 1 amide bonds. The summed E-state index contributed by atoms with van der Waals surface area (Å²) in [4.78, 5) is 17.1. The van der Waals surface area contributed by atoms with Gasteiger partial charge in [0, 0.05) is 0 Å². The second-order valence-electron chi connectivity index (χ2n) is 7.43. The number of nitrogens with zero attached hydrogens (tertiary/aromatic N) is 1. The predicted octanol–water partition coefficient (Wildman–Crippen LogP) is 4.43. The highest BCUT2D eigenvalue weighted by Crippen LogP contribution is 2.21. The van der Waals surface area contributed by atoms with E-state index in [-0.39, 0.29) is 23.7 Å². The molecule has 3 N–H and O–H groups in total. The molecule has 1 heterocycles. The number of nitrogens with two attached hydrogens (primary N) is 1. The Labute approximate surface area is 166 Å². The highest BCUT2D eigenvalue weighted by molar-refractivity contribution is 5.92. The Bertz CT molecular complexity index is 875. The fourth-order valence-corrected chi connectivity index (χ4v) is 3.19. The Morgan fingerprint density at radius 2 is 1.71 bits per heavy atom. The first-order valence-electron chi connectivity index (χ1n) is 9.63. The minimum Gasteiger partial charge on any atom is -0.446 e. The molecule has 5 nitrogen and oxygen atoms in total. The lowest BCUT2D eigenvalue weighted by Gasteiger charge is -2.19. The van der Waals surface area contributed by atoms with Crippen molar-refractivity contribution < 1.29 is 9.21 Å². The van der Waals surface area contributed by atoms with E-state index in [2.05, 4.69) is 36.3 Å². The van der Waals surface area contributed by atoms with Gasteiger partial charge in [0.05, 0.1) is 12.1 Å². The van der Waals surface area contributed by atoms with E-state index in [9.17, 15) is 4.79 Å². The average molecular weight is 377 g/mol. The molecule has 2 atom stereocenters. The summed E-state index contributed by atoms with van der Waals surface area (Å²) in [6.07, 6.45) is 2.83. The van der Waals surface area contributed by atoms with Gasteiger partial charge in [0.2, 0.25) is 5.89 Å². The molecule has 0 saturated heterocycles. The molecule has 0 aliphatic carbocycles. The molecule has 3 rings (SSSR count). The van der Waals surface area contributed by atoms with Gasteiger partial charge in [-0.1, -0.05) is 74.5 Å². The smallest absolute Gasteiger partial charge is 0.273 e. The number of benzene rings is 2. The number of rotatable bonds is 8. The van der Waals surface area contributed by atoms with Crippen LogP contribution in [-0.2, 0) is 6.42 Å². The lowest BCUT2D eigenvalue weighted by atomic mass is 9.99. The van der Waals surface area contributed by atoms with Crippen LogP contribution in [0.2, 0.25) is 0 Å². The van der Waals surface area contributed by atoms with Crippen molar-refractivity contribution >= 4 is 5.91 Å². The normalized spacial score (nSPS) is 13.3. The number of aromatic nitrogens is 1. The van der Waals surface area contributed by atoms with Crippen LogP contribution in [0.3, 0.4) is 0 Å². The third-order valence-electron chi connectivity index (χ3n) is 4.59. The number of hydrogen-bond donors (Lipinski definition) is 2. The second-order valence-corrected chi connectivity index (χ2v) is 7.43. The van der Waals surface area contributed by atoms with Gasteiger partial charge in [0.1, 0.15) is 6.26 Å². The molecule has 0 radical (unpaired) electrons. The summed E-state index contributed by atoms with van der Waals surface area (Å²) in [6, 6.07) is 19.6. The monoisotopic (exact) mass is 377 g/mol. The van der Waals surface area contributed by atoms with Crippen molar-refractivity contribution in [2.24, 2.45) is 11.7 Å². The zero-order valence-corrected chi connectivity index (χ0v) is 16.3. The first-order valence-corrected chi connectivity index (χ1v) is 9.63. The van der Waals surface area contributed by atoms with E-state index in [1.807, 2.05) is 48.5 Å². The van der Waals surface area contributed by atoms with Crippen LogP contribution in [0.4, 0.5) is 0 Å². The second kappa shape index (κ2) is 9.33. The quantitative estimate of drug-likeness (QED) is 0.608. The maximum Gasteiger partial charge on any atom is 0.273 e. The molecule has 2 unspecified atom stereocenters. The molecular formula is C23H27N3O2. The van der Waals surface area contributed by atoms with E-state index in [0.717, 1.165) is 17.5 Å². The van der Waals surface area contributed by atoms with Gasteiger partial charge < -0.3 is 15.5 Å². The minimum absolute atomic E-state index is 0.166. The van der Waals surface area contributed by atoms with Crippen LogP contribution in [0.5, 0.6) is 0 Å². The van der Waals surface area contributed by atoms with Gasteiger partial charge in [-0.05, 0) is 29.9 Å². The predicted molar refractivity (Wildman–Crippen MR) is 110 cm³/mol. The van der Waals surface area contributed by atoms with Crippen LogP contribution >= 0.6 is 0 Å². The summed E-state index contributed by atoms with van der Waals surface area (Å²) >= 11 is 0. The molecule has 0 aliphatic rings. The van der Waals surface area contributed by atoms with Gasteiger partial charge in [-0.3, -0.25) is 4.79 Å². The van der Waals surface area contributed by atoms with Crippen LogP contribution in [0.1, 0.15) is 59.9 Å². The number of carbonyl (C=O) groups excluding carboxylic acids is 1. The SMILES string of the molecule is CC(C)CC(N)c1nc(C(=O)NC(Cc2ccccc2)c2ccccc2)co1. The molecule has 0 fully saturated rings. The number of hydrogen-bond acceptors (Lipinski definition) is 4. The standard InChI is InChI=1S/C23H27N3O2/c1-16(2)13-19(24)23-26-21(15-28-23)22(27)25-20(18-11-7-4-8-12-18)14-17-9-5-3-6-10-17/h3-12,15-16,19-20H,13-14,24H2,1-2H3,(H,25,27). The maximum atomic E-state index is 12.8. The molecule has 0 bridgehead atoms. The van der Waals surface area contributed by atoms with Crippen LogP contribution in [0, 0.1) is 5.92 Å². The number of amides is 1. The van der Waals surface area contributed by atoms with E-state index in [4.69, 9.17) is 10.2 Å². The fraction of sp³-hybridized carbons (Fsp3) is 0.304. The first-order chi connectivity index (χ1) is 13.5. The fourth-order valence-electron chi connectivity index (χ4n) is 3.19. The lowest BCUT2D eigenvalue weighted by Crippen LogP contribution is -2.30. The molecule has 0 spiro atoms. The lowest BCUT2D eigenvalue weighted by molar-refractivity contribution is 0.0931. The summed E-state index contributed by atoms with van der Waals surface area (Å²) in [5, 5.41) is 3.09. The number of nitrogens with one attached hydrogen (secondary N) is 1. The van der Waals surface area contributed by atoms with Crippen LogP contribution < -0.4 is 11.1 Å². The van der Waals surface area contributed by atoms with Crippen molar-refractivity contribution in [1.29, 1.82) is 0 Å². The van der Waals surface area contributed by atoms with Gasteiger partial charge >= 0.3 is 0 Å². The first kappa shape index (κ1) is 19.8. The molecule has 5 heteroatoms. The molecule has 0 saturated carbocycles. The van der Waals surface area contributed by atoms with E-state index in [0.29, 0.717) is 18.2 Å². The molecule has 1 aromatic heterocycles. The molecule has 28 heavy (non-hydrogen) atoms. The Morgan fingerprint density at radius 3 is 2.36 bits per heavy atom. The molecule has 3 aromatic rings. The number of carbonyl (C=O) groups is 1. The van der Waals surface area contributed by atoms with Gasteiger partial charge in [0.25, 0.3) is 5.91 Å². The third-order valence-corrected chi connectivity index (χ3v) is 4.59. The van der Waals surface area contributed by atoms with Crippen LogP contribution in [0.15, 0.2) is 71.3 Å². The van der Waals surface area contributed by atoms with E-state index in [1.165, 1.54) is 6.26 Å². The largest absolute Gasteiger partial charge is 0.446 e. The van der Waals surface area contributed by atoms with E-state index >= 15 is 0 Å². The van der Waals surface area contributed by atoms with Crippen molar-refractivity contribution in [1.82, 2.24) is 10.3 Å². The summed E-state index contributed by atoms with van der Waals surface area (Å²) in [6.45, 7) is 4.18. The topological polar surface area (TPSA) is 81.1 Å². The Balaban J connectivity index is 1.75. The van der Waals surface area contributed by atoms with Gasteiger partial charge in [0.15, 0.2) is 5.69 Å². The maximum absolute atomic E-state index is 12.8. The number of oxazole rings is 1. The Kier molecular flexibility index (Phi) is 6.61. The van der Waals surface area contributed by atoms with Crippen LogP contribution in [0.25, 0.3) is 0 Å². The highest BCUT2D eigenvalue weighted by atomic mass is 16.3. The van der Waals surface area contributed by atoms with E-state index < -0.39 is 0 Å². The Hall–Kier alpha value is -2.92. The van der Waals surface area contributed by atoms with Crippen molar-refractivity contribution in [2.45, 2.75) is 38.8 Å². The molecule has 0 aliphatic heterocycles. The van der Waals surface area contributed by atoms with Crippen molar-refractivity contribution in [2.75, 3.05) is 0 Å². The zero-order valence-electron chi connectivity index (χ0n) is 16.3. The van der Waals surface area contributed by atoms with Crippen molar-refractivity contribution in [3.05, 3.63) is 89.6 Å². The minimum atomic E-state index is -0.309. The summed E-state index contributed by atoms with van der Waals surface area (Å²) in [5.74, 6) is 0.558. The summed E-state index contributed by atoms with van der Waals surface area (Å²) in [5.41, 5.74) is 8.56. The molecule has 2 aromatic carbocycles.